The first-order valence-corrected chi connectivity index (χ1v) is 11.2. The Kier molecular flexibility index (Phi) is 7.01. The number of hydrogen-bond acceptors (Lipinski definition) is 3. The molecule has 4 aromatic carbocycles. The minimum Gasteiger partial charge on any atom is -0.339 e. The highest BCUT2D eigenvalue weighted by Crippen LogP contribution is 2.42. The van der Waals surface area contributed by atoms with E-state index in [1.165, 1.54) is 0 Å². The van der Waals surface area contributed by atoms with Crippen molar-refractivity contribution in [1.82, 2.24) is 0 Å². The van der Waals surface area contributed by atoms with E-state index in [2.05, 4.69) is 71.0 Å². The van der Waals surface area contributed by atoms with Crippen LogP contribution in [0.3, 0.4) is 0 Å². The van der Waals surface area contributed by atoms with Crippen molar-refractivity contribution in [1.29, 1.82) is 0 Å². The Morgan fingerprint density at radius 3 is 1.55 bits per heavy atom. The largest absolute Gasteiger partial charge is 0.339 e. The monoisotopic (exact) mass is 432 g/mol. The van der Waals surface area contributed by atoms with Crippen LogP contribution in [-0.2, 0) is 4.79 Å². The Hall–Kier alpha value is -4.11. The quantitative estimate of drug-likeness (QED) is 0.252. The predicted octanol–water partition coefficient (Wildman–Crippen LogP) is 7.83. The van der Waals surface area contributed by atoms with Crippen LogP contribution in [0.15, 0.2) is 127 Å². The molecule has 0 bridgehead atoms. The van der Waals surface area contributed by atoms with Crippen LogP contribution in [0.25, 0.3) is 0 Å². The molecule has 0 aliphatic heterocycles. The molecular weight excluding hydrogens is 404 g/mol. The van der Waals surface area contributed by atoms with Crippen molar-refractivity contribution in [2.24, 2.45) is 0 Å². The van der Waals surface area contributed by atoms with Gasteiger partial charge in [0.1, 0.15) is 0 Å². The smallest absolute Gasteiger partial charge is 0.159 e. The molecule has 4 aromatic rings. The van der Waals surface area contributed by atoms with Gasteiger partial charge in [0.15, 0.2) is 5.78 Å². The first kappa shape index (κ1) is 22.1. The van der Waals surface area contributed by atoms with Crippen molar-refractivity contribution in [3.8, 4) is 0 Å². The molecule has 0 aliphatic rings. The second-order valence-corrected chi connectivity index (χ2v) is 7.94. The highest BCUT2D eigenvalue weighted by molar-refractivity contribution is 5.95. The Balaban J connectivity index is 1.85. The van der Waals surface area contributed by atoms with Crippen LogP contribution >= 0.6 is 0 Å². The van der Waals surface area contributed by atoms with Gasteiger partial charge in [-0.3, -0.25) is 4.79 Å². The zero-order valence-corrected chi connectivity index (χ0v) is 18.9. The summed E-state index contributed by atoms with van der Waals surface area (Å²) in [6.45, 7) is 6.16. The summed E-state index contributed by atoms with van der Waals surface area (Å²) in [5, 5.41) is 0. The number of ketones is 1. The lowest BCUT2D eigenvalue weighted by molar-refractivity contribution is -0.115. The summed E-state index contributed by atoms with van der Waals surface area (Å²) in [5.74, 6) is 0.0800. The van der Waals surface area contributed by atoms with Crippen LogP contribution in [0, 0.1) is 0 Å². The zero-order valence-electron chi connectivity index (χ0n) is 18.9. The summed E-state index contributed by atoms with van der Waals surface area (Å²) in [6.07, 6.45) is 0.398. The first-order valence-electron chi connectivity index (χ1n) is 11.2. The molecule has 0 amide bonds. The van der Waals surface area contributed by atoms with E-state index in [1.54, 1.807) is 6.92 Å². The number of Topliss-reactive ketones (excluding diaryl/α,β-unsaturated/α-hetero) is 1. The van der Waals surface area contributed by atoms with Gasteiger partial charge in [0.05, 0.1) is 11.4 Å². The lowest BCUT2D eigenvalue weighted by atomic mass is 10.1. The van der Waals surface area contributed by atoms with Gasteiger partial charge < -0.3 is 9.80 Å². The van der Waals surface area contributed by atoms with Crippen LogP contribution in [-0.4, -0.2) is 12.3 Å². The molecule has 0 N–H and O–H groups in total. The van der Waals surface area contributed by atoms with Crippen LogP contribution in [0.1, 0.15) is 13.3 Å². The maximum atomic E-state index is 12.4. The number of hydrogen-bond donors (Lipinski definition) is 0. The van der Waals surface area contributed by atoms with E-state index in [-0.39, 0.29) is 5.78 Å². The lowest BCUT2D eigenvalue weighted by Gasteiger charge is -2.33. The highest BCUT2D eigenvalue weighted by atomic mass is 16.1. The minimum absolute atomic E-state index is 0.0800. The SMILES string of the molecule is C=C(C)C(=O)CCN(c1ccccc1)c1ccccc1N(c1ccccc1)c1ccccc1. The number of allylic oxidation sites excluding steroid dienone is 1. The van der Waals surface area contributed by atoms with Gasteiger partial charge in [-0.15, -0.1) is 0 Å². The van der Waals surface area contributed by atoms with Crippen molar-refractivity contribution in [3.63, 3.8) is 0 Å². The van der Waals surface area contributed by atoms with E-state index in [0.29, 0.717) is 18.5 Å². The molecule has 0 atom stereocenters. The van der Waals surface area contributed by atoms with E-state index < -0.39 is 0 Å². The average Bonchev–Trinajstić information content (AvgIpc) is 2.87. The topological polar surface area (TPSA) is 23.6 Å². The maximum absolute atomic E-state index is 12.4. The van der Waals surface area contributed by atoms with Crippen molar-refractivity contribution in [2.45, 2.75) is 13.3 Å². The second kappa shape index (κ2) is 10.5. The molecule has 0 radical (unpaired) electrons. The molecule has 4 rings (SSSR count). The zero-order chi connectivity index (χ0) is 23.0. The molecule has 0 aromatic heterocycles. The molecule has 164 valence electrons. The van der Waals surface area contributed by atoms with Crippen molar-refractivity contribution < 1.29 is 4.79 Å². The number of rotatable bonds is 9. The third kappa shape index (κ3) is 5.21. The van der Waals surface area contributed by atoms with E-state index in [0.717, 1.165) is 28.4 Å². The van der Waals surface area contributed by atoms with Crippen LogP contribution in [0.2, 0.25) is 0 Å². The molecule has 0 saturated heterocycles. The van der Waals surface area contributed by atoms with Gasteiger partial charge in [-0.2, -0.15) is 0 Å². The Bertz CT molecular complexity index is 1160. The molecule has 0 fully saturated rings. The summed E-state index contributed by atoms with van der Waals surface area (Å²) in [5.41, 5.74) is 5.85. The Morgan fingerprint density at radius 2 is 1.06 bits per heavy atom. The third-order valence-corrected chi connectivity index (χ3v) is 5.55. The molecular formula is C30H28N2O. The fraction of sp³-hybridized carbons (Fsp3) is 0.100. The predicted molar refractivity (Wildman–Crippen MR) is 139 cm³/mol. The minimum atomic E-state index is 0.0800. The Labute approximate surface area is 196 Å². The van der Waals surface area contributed by atoms with Gasteiger partial charge in [0.25, 0.3) is 0 Å². The molecule has 0 spiro atoms. The molecule has 0 unspecified atom stereocenters. The molecule has 0 aliphatic carbocycles. The van der Waals surface area contributed by atoms with E-state index in [9.17, 15) is 4.79 Å². The number of nitrogens with zero attached hydrogens (tertiary/aromatic N) is 2. The van der Waals surface area contributed by atoms with Gasteiger partial charge in [0.2, 0.25) is 0 Å². The van der Waals surface area contributed by atoms with Crippen molar-refractivity contribution >= 4 is 34.2 Å². The van der Waals surface area contributed by atoms with Crippen LogP contribution < -0.4 is 9.80 Å². The van der Waals surface area contributed by atoms with Gasteiger partial charge in [0, 0.05) is 30.0 Å². The summed E-state index contributed by atoms with van der Waals surface area (Å²) in [4.78, 5) is 16.9. The molecule has 3 nitrogen and oxygen atoms in total. The van der Waals surface area contributed by atoms with Crippen molar-refractivity contribution in [2.75, 3.05) is 16.3 Å². The van der Waals surface area contributed by atoms with E-state index in [4.69, 9.17) is 0 Å². The maximum Gasteiger partial charge on any atom is 0.159 e. The van der Waals surface area contributed by atoms with Crippen LogP contribution in [0.5, 0.6) is 0 Å². The van der Waals surface area contributed by atoms with Crippen LogP contribution in [0.4, 0.5) is 28.4 Å². The number of carbonyl (C=O) groups is 1. The lowest BCUT2D eigenvalue weighted by Crippen LogP contribution is -2.23. The number of benzene rings is 4. The van der Waals surface area contributed by atoms with Gasteiger partial charge in [-0.05, 0) is 61.0 Å². The summed E-state index contributed by atoms with van der Waals surface area (Å²) < 4.78 is 0. The third-order valence-electron chi connectivity index (χ3n) is 5.55. The molecule has 33 heavy (non-hydrogen) atoms. The average molecular weight is 433 g/mol. The van der Waals surface area contributed by atoms with Gasteiger partial charge >= 0.3 is 0 Å². The number of carbonyl (C=O) groups excluding carboxylic acids is 1. The summed E-state index contributed by atoms with van der Waals surface area (Å²) in [6, 6.07) is 39.3. The number of para-hydroxylation sites is 5. The summed E-state index contributed by atoms with van der Waals surface area (Å²) in [7, 11) is 0. The van der Waals surface area contributed by atoms with E-state index in [1.807, 2.05) is 60.7 Å². The van der Waals surface area contributed by atoms with Crippen molar-refractivity contribution in [3.05, 3.63) is 127 Å². The standard InChI is InChI=1S/C30H28N2O/c1-24(2)30(33)22-23-31(25-14-6-3-7-15-25)28-20-12-13-21-29(28)32(26-16-8-4-9-17-26)27-18-10-5-11-19-27/h3-21H,1,22-23H2,2H3. The molecule has 0 heterocycles. The molecule has 0 saturated carbocycles. The second-order valence-electron chi connectivity index (χ2n) is 7.94. The highest BCUT2D eigenvalue weighted by Gasteiger charge is 2.20. The Morgan fingerprint density at radius 1 is 0.636 bits per heavy atom. The van der Waals surface area contributed by atoms with Gasteiger partial charge in [-0.1, -0.05) is 73.3 Å². The molecule has 3 heteroatoms. The number of anilines is 5. The fourth-order valence-electron chi connectivity index (χ4n) is 3.89. The van der Waals surface area contributed by atoms with Gasteiger partial charge in [-0.25, -0.2) is 0 Å². The fourth-order valence-corrected chi connectivity index (χ4v) is 3.89. The summed E-state index contributed by atoms with van der Waals surface area (Å²) >= 11 is 0. The first-order chi connectivity index (χ1) is 16.1. The van der Waals surface area contributed by atoms with E-state index >= 15 is 0 Å². The normalized spacial score (nSPS) is 10.5.